The van der Waals surface area contributed by atoms with Crippen LogP contribution < -0.4 is 10.9 Å². The highest BCUT2D eigenvalue weighted by Gasteiger charge is 1.99. The predicted octanol–water partition coefficient (Wildman–Crippen LogP) is 1.52. The maximum absolute atomic E-state index is 12.7. The third kappa shape index (κ3) is 4.66. The average Bonchev–Trinajstić information content (AvgIpc) is 2.50. The minimum absolute atomic E-state index is 0.207. The average molecular weight is 301 g/mol. The molecule has 1 amide bonds. The van der Waals surface area contributed by atoms with E-state index in [1.807, 2.05) is 0 Å². The largest absolute Gasteiger partial charge is 0.351 e. The van der Waals surface area contributed by atoms with Crippen molar-refractivity contribution >= 4 is 12.0 Å². The Labute approximate surface area is 127 Å². The van der Waals surface area contributed by atoms with Crippen LogP contribution in [0, 0.1) is 12.7 Å². The first-order valence-corrected chi connectivity index (χ1v) is 6.81. The molecule has 0 saturated carbocycles. The highest BCUT2D eigenvalue weighted by Crippen LogP contribution is 2.04. The first kappa shape index (κ1) is 15.6. The Morgan fingerprint density at radius 1 is 1.27 bits per heavy atom. The molecule has 0 radical (unpaired) electrons. The fourth-order valence-electron chi connectivity index (χ4n) is 1.80. The molecule has 1 N–H and O–H groups in total. The van der Waals surface area contributed by atoms with Crippen molar-refractivity contribution in [2.45, 2.75) is 13.5 Å². The zero-order chi connectivity index (χ0) is 15.9. The van der Waals surface area contributed by atoms with Gasteiger partial charge in [-0.2, -0.15) is 5.10 Å². The molecule has 0 bridgehead atoms. The molecule has 114 valence electrons. The summed E-state index contributed by atoms with van der Waals surface area (Å²) in [5.74, 6) is -0.609. The van der Waals surface area contributed by atoms with Crippen LogP contribution in [0.5, 0.6) is 0 Å². The Hall–Kier alpha value is -2.76. The predicted molar refractivity (Wildman–Crippen MR) is 81.7 cm³/mol. The van der Waals surface area contributed by atoms with Gasteiger partial charge in [0.2, 0.25) is 5.91 Å². The summed E-state index contributed by atoms with van der Waals surface area (Å²) in [5.41, 5.74) is 1.26. The van der Waals surface area contributed by atoms with Gasteiger partial charge in [0.25, 0.3) is 5.56 Å². The summed E-state index contributed by atoms with van der Waals surface area (Å²) in [7, 11) is 0. The molecule has 0 aliphatic heterocycles. The van der Waals surface area contributed by atoms with Gasteiger partial charge in [-0.3, -0.25) is 9.59 Å². The molecule has 0 spiro atoms. The van der Waals surface area contributed by atoms with Gasteiger partial charge in [0.1, 0.15) is 5.82 Å². The van der Waals surface area contributed by atoms with E-state index in [2.05, 4.69) is 10.4 Å². The smallest absolute Gasteiger partial charge is 0.266 e. The molecule has 0 fully saturated rings. The number of aromatic nitrogens is 2. The van der Waals surface area contributed by atoms with Gasteiger partial charge in [-0.25, -0.2) is 9.07 Å². The quantitative estimate of drug-likeness (QED) is 0.852. The van der Waals surface area contributed by atoms with Crippen LogP contribution in [0.15, 0.2) is 47.3 Å². The molecular formula is C16H16FN3O2. The zero-order valence-corrected chi connectivity index (χ0v) is 12.1. The third-order valence-corrected chi connectivity index (χ3v) is 2.92. The lowest BCUT2D eigenvalue weighted by Crippen LogP contribution is -2.31. The second-order valence-electron chi connectivity index (χ2n) is 4.71. The molecule has 0 aliphatic rings. The number of nitrogens with zero attached hydrogens (tertiary/aromatic N) is 2. The van der Waals surface area contributed by atoms with Crippen molar-refractivity contribution in [3.63, 3.8) is 0 Å². The molecule has 22 heavy (non-hydrogen) atoms. The van der Waals surface area contributed by atoms with Crippen LogP contribution in [0.1, 0.15) is 11.3 Å². The van der Waals surface area contributed by atoms with Crippen molar-refractivity contribution < 1.29 is 9.18 Å². The molecule has 0 aliphatic carbocycles. The van der Waals surface area contributed by atoms with Crippen LogP contribution in [0.2, 0.25) is 0 Å². The number of halogens is 1. The minimum Gasteiger partial charge on any atom is -0.351 e. The Morgan fingerprint density at radius 2 is 2.00 bits per heavy atom. The van der Waals surface area contributed by atoms with Crippen LogP contribution in [-0.4, -0.2) is 22.2 Å². The summed E-state index contributed by atoms with van der Waals surface area (Å²) >= 11 is 0. The maximum Gasteiger partial charge on any atom is 0.266 e. The normalized spacial score (nSPS) is 10.8. The Kier molecular flexibility index (Phi) is 5.19. The van der Waals surface area contributed by atoms with Gasteiger partial charge in [-0.1, -0.05) is 12.1 Å². The molecule has 5 nitrogen and oxygen atoms in total. The molecule has 1 aromatic heterocycles. The number of carbonyl (C=O) groups is 1. The van der Waals surface area contributed by atoms with Gasteiger partial charge in [0, 0.05) is 18.7 Å². The van der Waals surface area contributed by atoms with Crippen LogP contribution in [0.4, 0.5) is 4.39 Å². The SMILES string of the molecule is Cc1ccc(=O)n(CCNC(=O)C=Cc2ccc(F)cc2)n1. The van der Waals surface area contributed by atoms with E-state index in [-0.39, 0.29) is 17.3 Å². The topological polar surface area (TPSA) is 64.0 Å². The van der Waals surface area contributed by atoms with E-state index < -0.39 is 0 Å². The fraction of sp³-hybridized carbons (Fsp3) is 0.188. The zero-order valence-electron chi connectivity index (χ0n) is 12.1. The van der Waals surface area contributed by atoms with Gasteiger partial charge in [0.05, 0.1) is 12.2 Å². The number of hydrogen-bond acceptors (Lipinski definition) is 3. The molecule has 1 heterocycles. The second-order valence-corrected chi connectivity index (χ2v) is 4.71. The number of nitrogens with one attached hydrogen (secondary N) is 1. The molecule has 0 unspecified atom stereocenters. The van der Waals surface area contributed by atoms with E-state index in [1.54, 1.807) is 31.2 Å². The van der Waals surface area contributed by atoms with Crippen molar-refractivity contribution in [1.29, 1.82) is 0 Å². The summed E-state index contributed by atoms with van der Waals surface area (Å²) in [5, 5.41) is 6.73. The van der Waals surface area contributed by atoms with Crippen LogP contribution in [0.3, 0.4) is 0 Å². The molecule has 6 heteroatoms. The van der Waals surface area contributed by atoms with Gasteiger partial charge < -0.3 is 5.32 Å². The number of aryl methyl sites for hydroxylation is 1. The first-order chi connectivity index (χ1) is 10.5. The molecule has 2 aromatic rings. The van der Waals surface area contributed by atoms with Crippen molar-refractivity contribution in [3.05, 3.63) is 69.9 Å². The molecule has 1 aromatic carbocycles. The Bertz CT molecular complexity index is 736. The van der Waals surface area contributed by atoms with E-state index in [1.165, 1.54) is 29.0 Å². The number of hydrogen-bond donors (Lipinski definition) is 1. The first-order valence-electron chi connectivity index (χ1n) is 6.81. The van der Waals surface area contributed by atoms with E-state index in [4.69, 9.17) is 0 Å². The number of carbonyl (C=O) groups excluding carboxylic acids is 1. The van der Waals surface area contributed by atoms with Gasteiger partial charge >= 0.3 is 0 Å². The van der Waals surface area contributed by atoms with E-state index in [0.29, 0.717) is 13.1 Å². The summed E-state index contributed by atoms with van der Waals surface area (Å²) in [6.45, 7) is 2.39. The molecule has 0 saturated heterocycles. The monoisotopic (exact) mass is 301 g/mol. The number of rotatable bonds is 5. The van der Waals surface area contributed by atoms with Crippen LogP contribution >= 0.6 is 0 Å². The van der Waals surface area contributed by atoms with E-state index in [0.717, 1.165) is 11.3 Å². The fourth-order valence-corrected chi connectivity index (χ4v) is 1.80. The van der Waals surface area contributed by atoms with Crippen molar-refractivity contribution in [1.82, 2.24) is 15.1 Å². The van der Waals surface area contributed by atoms with Crippen LogP contribution in [-0.2, 0) is 11.3 Å². The maximum atomic E-state index is 12.7. The van der Waals surface area contributed by atoms with Crippen molar-refractivity contribution in [2.24, 2.45) is 0 Å². The summed E-state index contributed by atoms with van der Waals surface area (Å²) < 4.78 is 14.0. The van der Waals surface area contributed by atoms with Gasteiger partial charge in [-0.15, -0.1) is 0 Å². The standard InChI is InChI=1S/C16H16FN3O2/c1-12-2-9-16(22)20(19-12)11-10-18-15(21)8-5-13-3-6-14(17)7-4-13/h2-9H,10-11H2,1H3,(H,18,21). The minimum atomic E-state index is -0.322. The van der Waals surface area contributed by atoms with Gasteiger partial charge in [0.15, 0.2) is 0 Å². The summed E-state index contributed by atoms with van der Waals surface area (Å²) in [6.07, 6.45) is 2.95. The van der Waals surface area contributed by atoms with Crippen LogP contribution in [0.25, 0.3) is 6.08 Å². The molecule has 2 rings (SSSR count). The third-order valence-electron chi connectivity index (χ3n) is 2.92. The number of benzene rings is 1. The lowest BCUT2D eigenvalue weighted by Gasteiger charge is -2.05. The van der Waals surface area contributed by atoms with E-state index in [9.17, 15) is 14.0 Å². The Balaban J connectivity index is 1.84. The van der Waals surface area contributed by atoms with E-state index >= 15 is 0 Å². The second kappa shape index (κ2) is 7.31. The highest BCUT2D eigenvalue weighted by molar-refractivity contribution is 5.91. The Morgan fingerprint density at radius 3 is 2.73 bits per heavy atom. The lowest BCUT2D eigenvalue weighted by molar-refractivity contribution is -0.116. The summed E-state index contributed by atoms with van der Waals surface area (Å²) in [4.78, 5) is 23.2. The summed E-state index contributed by atoms with van der Waals surface area (Å²) in [6, 6.07) is 8.90. The molecule has 0 atom stereocenters. The lowest BCUT2D eigenvalue weighted by atomic mass is 10.2. The molecular weight excluding hydrogens is 285 g/mol. The van der Waals surface area contributed by atoms with Crippen molar-refractivity contribution in [3.8, 4) is 0 Å². The number of amides is 1. The van der Waals surface area contributed by atoms with Crippen molar-refractivity contribution in [2.75, 3.05) is 6.54 Å². The highest BCUT2D eigenvalue weighted by atomic mass is 19.1. The van der Waals surface area contributed by atoms with Gasteiger partial charge in [-0.05, 0) is 36.8 Å².